The van der Waals surface area contributed by atoms with E-state index in [2.05, 4.69) is 15.6 Å². The van der Waals surface area contributed by atoms with Gasteiger partial charge in [-0.2, -0.15) is 0 Å². The van der Waals surface area contributed by atoms with Crippen molar-refractivity contribution < 1.29 is 17.6 Å². The molecular weight excluding hydrogens is 498 g/mol. The molecule has 0 spiro atoms. The van der Waals surface area contributed by atoms with E-state index in [-0.39, 0.29) is 5.75 Å². The Kier molecular flexibility index (Phi) is 7.72. The molecule has 0 bridgehead atoms. The Morgan fingerprint density at radius 1 is 0.921 bits per heavy atom. The predicted molar refractivity (Wildman–Crippen MR) is 151 cm³/mol. The lowest BCUT2D eigenvalue weighted by atomic mass is 10.1. The minimum atomic E-state index is -2.98. The summed E-state index contributed by atoms with van der Waals surface area (Å²) in [6.07, 6.45) is 4.70. The smallest absolute Gasteiger partial charge is 0.148 e. The lowest BCUT2D eigenvalue weighted by molar-refractivity contribution is 0.306. The second-order valence-electron chi connectivity index (χ2n) is 9.14. The summed E-state index contributed by atoms with van der Waals surface area (Å²) in [5.74, 6) is 1.65. The second-order valence-corrected chi connectivity index (χ2v) is 11.4. The molecule has 0 aliphatic carbocycles. The highest BCUT2D eigenvalue weighted by atomic mass is 32.2. The number of nitrogens with zero attached hydrogens (tertiary/aromatic N) is 1. The number of furan rings is 1. The first kappa shape index (κ1) is 25.5. The van der Waals surface area contributed by atoms with Crippen LogP contribution in [-0.2, 0) is 23.0 Å². The van der Waals surface area contributed by atoms with Gasteiger partial charge in [-0.25, -0.2) is 8.42 Å². The van der Waals surface area contributed by atoms with E-state index in [1.165, 1.54) is 6.26 Å². The van der Waals surface area contributed by atoms with Crippen molar-refractivity contribution >= 4 is 32.1 Å². The molecule has 38 heavy (non-hydrogen) atoms. The third-order valence-electron chi connectivity index (χ3n) is 6.04. The molecule has 0 aliphatic rings. The quantitative estimate of drug-likeness (QED) is 0.205. The van der Waals surface area contributed by atoms with E-state index in [1.807, 2.05) is 84.9 Å². The molecule has 2 heterocycles. The molecule has 7 nitrogen and oxygen atoms in total. The zero-order chi connectivity index (χ0) is 26.4. The Balaban J connectivity index is 1.23. The number of ether oxygens (including phenoxy) is 1. The normalized spacial score (nSPS) is 11.5. The third kappa shape index (κ3) is 6.79. The molecule has 5 aromatic rings. The van der Waals surface area contributed by atoms with E-state index in [0.29, 0.717) is 19.7 Å². The van der Waals surface area contributed by atoms with Crippen LogP contribution in [0.4, 0.5) is 11.4 Å². The van der Waals surface area contributed by atoms with Crippen LogP contribution in [-0.4, -0.2) is 32.0 Å². The molecule has 2 N–H and O–H groups in total. The monoisotopic (exact) mass is 527 g/mol. The number of hydrogen-bond donors (Lipinski definition) is 2. The van der Waals surface area contributed by atoms with Crippen LogP contribution < -0.4 is 15.4 Å². The largest absolute Gasteiger partial charge is 0.489 e. The summed E-state index contributed by atoms with van der Waals surface area (Å²) < 4.78 is 34.2. The van der Waals surface area contributed by atoms with Gasteiger partial charge >= 0.3 is 0 Å². The Bertz CT molecular complexity index is 1610. The maximum atomic E-state index is 11.3. The van der Waals surface area contributed by atoms with Crippen molar-refractivity contribution in [2.45, 2.75) is 13.2 Å². The van der Waals surface area contributed by atoms with Gasteiger partial charge in [-0.05, 0) is 54.1 Å². The van der Waals surface area contributed by atoms with Crippen LogP contribution in [0, 0.1) is 0 Å². The van der Waals surface area contributed by atoms with E-state index in [1.54, 1.807) is 12.5 Å². The van der Waals surface area contributed by atoms with Crippen LogP contribution in [0.3, 0.4) is 0 Å². The van der Waals surface area contributed by atoms with E-state index in [9.17, 15) is 8.42 Å². The van der Waals surface area contributed by atoms with Crippen molar-refractivity contribution in [2.24, 2.45) is 0 Å². The minimum absolute atomic E-state index is 0.108. The van der Waals surface area contributed by atoms with E-state index >= 15 is 0 Å². The fourth-order valence-corrected chi connectivity index (χ4v) is 4.57. The fourth-order valence-electron chi connectivity index (χ4n) is 4.05. The van der Waals surface area contributed by atoms with Crippen LogP contribution in [0.5, 0.6) is 5.75 Å². The number of pyridine rings is 1. The van der Waals surface area contributed by atoms with Gasteiger partial charge in [0.1, 0.15) is 28.0 Å². The molecule has 0 radical (unpaired) electrons. The number of aromatic nitrogens is 1. The van der Waals surface area contributed by atoms with Crippen LogP contribution >= 0.6 is 0 Å². The molecule has 0 aliphatic heterocycles. The number of benzene rings is 3. The van der Waals surface area contributed by atoms with E-state index < -0.39 is 9.84 Å². The van der Waals surface area contributed by atoms with Gasteiger partial charge in [-0.3, -0.25) is 4.98 Å². The van der Waals surface area contributed by atoms with Crippen molar-refractivity contribution in [3.63, 3.8) is 0 Å². The minimum Gasteiger partial charge on any atom is -0.489 e. The zero-order valence-electron chi connectivity index (χ0n) is 21.1. The average Bonchev–Trinajstić information content (AvgIpc) is 3.40. The van der Waals surface area contributed by atoms with Gasteiger partial charge in [-0.15, -0.1) is 0 Å². The summed E-state index contributed by atoms with van der Waals surface area (Å²) in [6, 6.07) is 27.9. The Hall–Kier alpha value is -4.14. The summed E-state index contributed by atoms with van der Waals surface area (Å²) in [7, 11) is -2.98. The molecule has 8 heteroatoms. The molecule has 0 saturated heterocycles. The summed E-state index contributed by atoms with van der Waals surface area (Å²) in [5, 5.41) is 7.61. The van der Waals surface area contributed by atoms with Gasteiger partial charge in [0, 0.05) is 53.4 Å². The lowest BCUT2D eigenvalue weighted by Crippen LogP contribution is -2.21. The first-order valence-corrected chi connectivity index (χ1v) is 14.4. The highest BCUT2D eigenvalue weighted by Crippen LogP contribution is 2.30. The van der Waals surface area contributed by atoms with Crippen LogP contribution in [0.2, 0.25) is 0 Å². The number of hydrogen-bond acceptors (Lipinski definition) is 7. The van der Waals surface area contributed by atoms with Gasteiger partial charge in [0.25, 0.3) is 0 Å². The Morgan fingerprint density at radius 3 is 2.53 bits per heavy atom. The molecule has 0 atom stereocenters. The first-order chi connectivity index (χ1) is 18.4. The highest BCUT2D eigenvalue weighted by molar-refractivity contribution is 7.90. The van der Waals surface area contributed by atoms with Crippen LogP contribution in [0.15, 0.2) is 102 Å². The number of sulfone groups is 1. The molecule has 2 aromatic heterocycles. The van der Waals surface area contributed by atoms with Crippen molar-refractivity contribution in [2.75, 3.05) is 23.9 Å². The second kappa shape index (κ2) is 11.5. The summed E-state index contributed by atoms with van der Waals surface area (Å²) in [5.41, 5.74) is 5.75. The molecule has 194 valence electrons. The van der Waals surface area contributed by atoms with Crippen molar-refractivity contribution in [3.05, 3.63) is 109 Å². The van der Waals surface area contributed by atoms with Gasteiger partial charge in [0.2, 0.25) is 0 Å². The van der Waals surface area contributed by atoms with Crippen molar-refractivity contribution in [1.82, 2.24) is 10.3 Å². The third-order valence-corrected chi connectivity index (χ3v) is 6.99. The highest BCUT2D eigenvalue weighted by Gasteiger charge is 2.09. The molecule has 5 rings (SSSR count). The molecule has 0 amide bonds. The van der Waals surface area contributed by atoms with Crippen LogP contribution in [0.1, 0.15) is 11.1 Å². The predicted octanol–water partition coefficient (Wildman–Crippen LogP) is 5.95. The van der Waals surface area contributed by atoms with Crippen molar-refractivity contribution in [1.29, 1.82) is 0 Å². The number of nitrogens with one attached hydrogen (secondary N) is 2. The topological polar surface area (TPSA) is 93.5 Å². The maximum absolute atomic E-state index is 11.3. The van der Waals surface area contributed by atoms with Crippen LogP contribution in [0.25, 0.3) is 22.2 Å². The summed E-state index contributed by atoms with van der Waals surface area (Å²) in [4.78, 5) is 4.56. The molecule has 0 saturated carbocycles. The SMILES string of the molecule is CS(=O)(=O)CCNCc1coc(-c2ccc3c(Nc4ccc(OCc5ccccc5)cc4)ccnc3c2)c1. The van der Waals surface area contributed by atoms with Gasteiger partial charge < -0.3 is 19.8 Å². The molecule has 0 fully saturated rings. The number of anilines is 2. The standard InChI is InChI=1S/C30H29N3O4S/c1-38(34,35)16-15-31-19-23-17-30(37-21-23)24-7-12-27-28(13-14-32-29(27)18-24)33-25-8-10-26(11-9-25)36-20-22-5-3-2-4-6-22/h2-14,17-18,21,31H,15-16,19-20H2,1H3,(H,32,33). The molecular formula is C30H29N3O4S. The van der Waals surface area contributed by atoms with Crippen molar-refractivity contribution in [3.8, 4) is 17.1 Å². The summed E-state index contributed by atoms with van der Waals surface area (Å²) in [6.45, 7) is 1.47. The van der Waals surface area contributed by atoms with E-state index in [0.717, 1.165) is 50.5 Å². The Labute approximate surface area is 222 Å². The zero-order valence-corrected chi connectivity index (χ0v) is 21.9. The average molecular weight is 528 g/mol. The lowest BCUT2D eigenvalue weighted by Gasteiger charge is -2.11. The summed E-state index contributed by atoms with van der Waals surface area (Å²) >= 11 is 0. The van der Waals surface area contributed by atoms with Gasteiger partial charge in [0.05, 0.1) is 17.5 Å². The first-order valence-electron chi connectivity index (χ1n) is 12.3. The molecule has 3 aromatic carbocycles. The fraction of sp³-hybridized carbons (Fsp3) is 0.167. The van der Waals surface area contributed by atoms with E-state index in [4.69, 9.17) is 9.15 Å². The maximum Gasteiger partial charge on any atom is 0.148 e. The van der Waals surface area contributed by atoms with Gasteiger partial charge in [0.15, 0.2) is 0 Å². The van der Waals surface area contributed by atoms with Gasteiger partial charge in [-0.1, -0.05) is 36.4 Å². The number of fused-ring (bicyclic) bond motifs is 1. The Morgan fingerprint density at radius 2 is 1.74 bits per heavy atom. The molecule has 0 unspecified atom stereocenters. The number of rotatable bonds is 11.